The van der Waals surface area contributed by atoms with Gasteiger partial charge in [0.1, 0.15) is 11.2 Å². The Labute approximate surface area is 234 Å². The summed E-state index contributed by atoms with van der Waals surface area (Å²) in [4.78, 5) is 43.3. The molecule has 220 valence electrons. The molecule has 1 saturated heterocycles. The Morgan fingerprint density at radius 3 is 2.00 bits per heavy atom. The van der Waals surface area contributed by atoms with Crippen molar-refractivity contribution >= 4 is 38.7 Å². The van der Waals surface area contributed by atoms with Crippen LogP contribution in [0.1, 0.15) is 72.7 Å². The van der Waals surface area contributed by atoms with Crippen molar-refractivity contribution in [1.29, 1.82) is 0 Å². The molecule has 2 unspecified atom stereocenters. The Hall–Kier alpha value is -2.62. The summed E-state index contributed by atoms with van der Waals surface area (Å²) in [6, 6.07) is 3.99. The Morgan fingerprint density at radius 1 is 0.949 bits per heavy atom. The van der Waals surface area contributed by atoms with E-state index in [4.69, 9.17) is 14.2 Å². The number of nitrogens with zero attached hydrogens (tertiary/aromatic N) is 3. The molecule has 1 aliphatic heterocycles. The quantitative estimate of drug-likeness (QED) is 0.286. The van der Waals surface area contributed by atoms with Crippen molar-refractivity contribution in [2.75, 3.05) is 42.5 Å². The van der Waals surface area contributed by atoms with E-state index in [1.165, 1.54) is 0 Å². The highest BCUT2D eigenvalue weighted by atomic mass is 31.0. The van der Waals surface area contributed by atoms with Crippen LogP contribution < -0.4 is 15.1 Å². The summed E-state index contributed by atoms with van der Waals surface area (Å²) in [7, 11) is 2.11. The topological polar surface area (TPSA) is 121 Å². The number of rotatable bonds is 7. The number of hydrogen-bond acceptors (Lipinski definition) is 9. The van der Waals surface area contributed by atoms with Crippen LogP contribution in [-0.2, 0) is 19.0 Å². The molecule has 0 spiro atoms. The summed E-state index contributed by atoms with van der Waals surface area (Å²) >= 11 is 0. The molecule has 0 bridgehead atoms. The van der Waals surface area contributed by atoms with Crippen molar-refractivity contribution in [3.05, 3.63) is 23.8 Å². The number of nitrogens with one attached hydrogen (secondary N) is 1. The highest BCUT2D eigenvalue weighted by Crippen LogP contribution is 2.28. The second-order valence-electron chi connectivity index (χ2n) is 12.5. The average Bonchev–Trinajstić information content (AvgIpc) is 2.78. The van der Waals surface area contributed by atoms with Crippen LogP contribution >= 0.6 is 9.39 Å². The first-order chi connectivity index (χ1) is 17.8. The number of benzene rings is 1. The van der Waals surface area contributed by atoms with Gasteiger partial charge in [-0.25, -0.2) is 14.4 Å². The zero-order chi connectivity index (χ0) is 29.8. The van der Waals surface area contributed by atoms with Gasteiger partial charge in [0.05, 0.1) is 23.5 Å². The first kappa shape index (κ1) is 32.6. The Bertz CT molecular complexity index is 1020. The van der Waals surface area contributed by atoms with Gasteiger partial charge in [-0.3, -0.25) is 10.0 Å². The molecule has 39 heavy (non-hydrogen) atoms. The highest BCUT2D eigenvalue weighted by Gasteiger charge is 2.31. The number of amides is 2. The number of esters is 1. The van der Waals surface area contributed by atoms with Crippen LogP contribution in [0.5, 0.6) is 0 Å². The fraction of sp³-hybridized carbons (Fsp3) is 0.667. The van der Waals surface area contributed by atoms with E-state index in [1.807, 2.05) is 46.4 Å². The van der Waals surface area contributed by atoms with Crippen LogP contribution in [-0.4, -0.2) is 83.7 Å². The Morgan fingerprint density at radius 2 is 1.51 bits per heavy atom. The van der Waals surface area contributed by atoms with Crippen LogP contribution in [0.3, 0.4) is 0 Å². The molecule has 2 N–H and O–H groups in total. The molecule has 2 rings (SSSR count). The van der Waals surface area contributed by atoms with E-state index in [1.54, 1.807) is 43.9 Å². The van der Waals surface area contributed by atoms with Gasteiger partial charge in [0.2, 0.25) is 0 Å². The van der Waals surface area contributed by atoms with Crippen molar-refractivity contribution in [1.82, 2.24) is 10.2 Å². The molecule has 2 amide bonds. The summed E-state index contributed by atoms with van der Waals surface area (Å²) in [5, 5.41) is 12.9. The van der Waals surface area contributed by atoms with Crippen LogP contribution in [0.15, 0.2) is 18.2 Å². The third-order valence-electron chi connectivity index (χ3n) is 5.45. The molecule has 1 heterocycles. The van der Waals surface area contributed by atoms with Crippen LogP contribution in [0, 0.1) is 0 Å². The van der Waals surface area contributed by atoms with Gasteiger partial charge in [-0.2, -0.15) is 0 Å². The average molecular weight is 569 g/mol. The predicted molar refractivity (Wildman–Crippen MR) is 153 cm³/mol. The summed E-state index contributed by atoms with van der Waals surface area (Å²) in [6.07, 6.45) is -0.359. The minimum Gasteiger partial charge on any atom is -0.458 e. The summed E-state index contributed by atoms with van der Waals surface area (Å²) in [5.74, 6) is -1.20. The second kappa shape index (κ2) is 12.7. The largest absolute Gasteiger partial charge is 0.458 e. The number of piperazine rings is 1. The zero-order valence-corrected chi connectivity index (χ0v) is 25.8. The number of anilines is 2. The SMILES string of the molecule is CC(C)(C)OCC(NC(=O)c1cc(N2CCN(C(=O)OC(C)(C)C)CC2)ccc1N(O)P)C(=O)OC(C)(C)C. The number of ether oxygens (including phenoxy) is 3. The van der Waals surface area contributed by atoms with Crippen molar-refractivity contribution in [3.8, 4) is 0 Å². The van der Waals surface area contributed by atoms with Gasteiger partial charge >= 0.3 is 12.1 Å². The van der Waals surface area contributed by atoms with Gasteiger partial charge in [0.15, 0.2) is 6.04 Å². The van der Waals surface area contributed by atoms with E-state index >= 15 is 0 Å². The minimum absolute atomic E-state index is 0.0878. The van der Waals surface area contributed by atoms with E-state index in [2.05, 4.69) is 14.7 Å². The maximum atomic E-state index is 13.5. The molecule has 12 heteroatoms. The normalized spacial score (nSPS) is 15.5. The molecular formula is C27H45N4O7P. The van der Waals surface area contributed by atoms with E-state index in [-0.39, 0.29) is 24.0 Å². The van der Waals surface area contributed by atoms with Crippen molar-refractivity contribution in [2.45, 2.75) is 85.2 Å². The first-order valence-corrected chi connectivity index (χ1v) is 13.6. The van der Waals surface area contributed by atoms with Crippen molar-refractivity contribution in [3.63, 3.8) is 0 Å². The van der Waals surface area contributed by atoms with Gasteiger partial charge in [-0.15, -0.1) is 0 Å². The molecule has 1 aliphatic rings. The zero-order valence-electron chi connectivity index (χ0n) is 24.7. The third-order valence-corrected chi connectivity index (χ3v) is 5.73. The molecule has 1 aromatic carbocycles. The maximum absolute atomic E-state index is 13.5. The lowest BCUT2D eigenvalue weighted by molar-refractivity contribution is -0.160. The summed E-state index contributed by atoms with van der Waals surface area (Å²) in [6.45, 7) is 18.2. The molecule has 11 nitrogen and oxygen atoms in total. The van der Waals surface area contributed by atoms with Crippen LogP contribution in [0.2, 0.25) is 0 Å². The van der Waals surface area contributed by atoms with Gasteiger partial charge in [0.25, 0.3) is 5.91 Å². The molecule has 1 aromatic rings. The number of hydrogen-bond donors (Lipinski definition) is 2. The predicted octanol–water partition coefficient (Wildman–Crippen LogP) is 3.98. The van der Waals surface area contributed by atoms with Crippen LogP contribution in [0.4, 0.5) is 16.2 Å². The van der Waals surface area contributed by atoms with E-state index in [0.29, 0.717) is 26.2 Å². The van der Waals surface area contributed by atoms with E-state index in [0.717, 1.165) is 10.5 Å². The molecule has 1 fully saturated rings. The van der Waals surface area contributed by atoms with Crippen LogP contribution in [0.25, 0.3) is 0 Å². The second-order valence-corrected chi connectivity index (χ2v) is 13.0. The lowest BCUT2D eigenvalue weighted by Crippen LogP contribution is -2.50. The molecule has 0 radical (unpaired) electrons. The maximum Gasteiger partial charge on any atom is 0.410 e. The van der Waals surface area contributed by atoms with Crippen molar-refractivity contribution < 1.29 is 33.8 Å². The summed E-state index contributed by atoms with van der Waals surface area (Å²) < 4.78 is 16.8. The van der Waals surface area contributed by atoms with Crippen molar-refractivity contribution in [2.24, 2.45) is 0 Å². The van der Waals surface area contributed by atoms with Gasteiger partial charge in [-0.1, -0.05) is 0 Å². The highest BCUT2D eigenvalue weighted by molar-refractivity contribution is 7.18. The third kappa shape index (κ3) is 10.8. The smallest absolute Gasteiger partial charge is 0.410 e. The fourth-order valence-corrected chi connectivity index (χ4v) is 3.91. The first-order valence-electron chi connectivity index (χ1n) is 13.0. The Kier molecular flexibility index (Phi) is 10.6. The minimum atomic E-state index is -1.07. The molecule has 2 atom stereocenters. The lowest BCUT2D eigenvalue weighted by Gasteiger charge is -2.37. The molecule has 0 aromatic heterocycles. The standard InChI is InChI=1S/C27H45N4O7P/c1-25(2,3)36-17-20(23(33)37-26(4,5)6)28-22(32)19-16-18(10-11-21(19)31(35)39)29-12-14-30(15-13-29)24(34)38-27(7,8)9/h10-11,16,20,35H,12-15,17,39H2,1-9H3,(H,28,32). The monoisotopic (exact) mass is 568 g/mol. The van der Waals surface area contributed by atoms with Gasteiger partial charge in [0, 0.05) is 31.9 Å². The summed E-state index contributed by atoms with van der Waals surface area (Å²) in [5.41, 5.74) is -0.748. The van der Waals surface area contributed by atoms with Gasteiger partial charge in [-0.05, 0) is 89.9 Å². The molecular weight excluding hydrogens is 523 g/mol. The number of carbonyl (C=O) groups is 3. The Balaban J connectivity index is 2.24. The number of carbonyl (C=O) groups excluding carboxylic acids is 3. The lowest BCUT2D eigenvalue weighted by atomic mass is 10.1. The molecule has 0 saturated carbocycles. The fourth-order valence-electron chi connectivity index (χ4n) is 3.69. The van der Waals surface area contributed by atoms with Gasteiger partial charge < -0.3 is 29.3 Å². The van der Waals surface area contributed by atoms with E-state index in [9.17, 15) is 19.6 Å². The van der Waals surface area contributed by atoms with E-state index < -0.39 is 34.7 Å². The molecule has 0 aliphatic carbocycles.